The summed E-state index contributed by atoms with van der Waals surface area (Å²) in [6, 6.07) is 19.2. The molecular weight excluding hydrogens is 478 g/mol. The first-order chi connectivity index (χ1) is 14.9. The molecule has 0 unspecified atom stereocenters. The minimum absolute atomic E-state index is 0.174. The van der Waals surface area contributed by atoms with Gasteiger partial charge in [-0.25, -0.2) is 0 Å². The molecule has 0 aliphatic rings. The summed E-state index contributed by atoms with van der Waals surface area (Å²) >= 11 is 24.5. The minimum Gasteiger partial charge on any atom is -0.487 e. The Bertz CT molecular complexity index is 1190. The molecule has 0 atom stereocenters. The number of hydrogen-bond donors (Lipinski definition) is 1. The second-order valence-corrected chi connectivity index (χ2v) is 7.93. The van der Waals surface area contributed by atoms with Crippen LogP contribution in [0.15, 0.2) is 66.2 Å². The van der Waals surface area contributed by atoms with E-state index in [0.29, 0.717) is 16.3 Å². The normalized spacial score (nSPS) is 11.0. The highest BCUT2D eigenvalue weighted by Crippen LogP contribution is 2.35. The Labute approximate surface area is 199 Å². The van der Waals surface area contributed by atoms with Crippen LogP contribution in [0.1, 0.15) is 11.1 Å². The van der Waals surface area contributed by atoms with Crippen molar-refractivity contribution < 1.29 is 9.53 Å². The van der Waals surface area contributed by atoms with Crippen LogP contribution in [0.3, 0.4) is 0 Å². The summed E-state index contributed by atoms with van der Waals surface area (Å²) in [5.41, 5.74) is 1.40. The van der Waals surface area contributed by atoms with Crippen LogP contribution in [0.5, 0.6) is 5.75 Å². The lowest BCUT2D eigenvalue weighted by Crippen LogP contribution is -2.14. The molecule has 0 aromatic heterocycles. The summed E-state index contributed by atoms with van der Waals surface area (Å²) in [6.07, 6.45) is 1.35. The highest BCUT2D eigenvalue weighted by molar-refractivity contribution is 6.44. The van der Waals surface area contributed by atoms with E-state index in [1.807, 2.05) is 36.4 Å². The Morgan fingerprint density at radius 1 is 1.00 bits per heavy atom. The van der Waals surface area contributed by atoms with Crippen molar-refractivity contribution in [2.24, 2.45) is 0 Å². The van der Waals surface area contributed by atoms with Crippen LogP contribution < -0.4 is 10.1 Å². The predicted octanol–water partition coefficient (Wildman–Crippen LogP) is 7.42. The molecule has 1 amide bonds. The van der Waals surface area contributed by atoms with E-state index in [-0.39, 0.29) is 32.9 Å². The first-order valence-electron chi connectivity index (χ1n) is 8.92. The average molecular weight is 492 g/mol. The van der Waals surface area contributed by atoms with Crippen molar-refractivity contribution in [1.29, 1.82) is 5.26 Å². The maximum atomic E-state index is 12.7. The summed E-state index contributed by atoms with van der Waals surface area (Å²) in [4.78, 5) is 12.7. The van der Waals surface area contributed by atoms with Gasteiger partial charge in [0.25, 0.3) is 5.91 Å². The Morgan fingerprint density at radius 3 is 2.45 bits per heavy atom. The summed E-state index contributed by atoms with van der Waals surface area (Å²) < 4.78 is 5.87. The fourth-order valence-corrected chi connectivity index (χ4v) is 3.58. The molecule has 156 valence electrons. The van der Waals surface area contributed by atoms with Gasteiger partial charge in [0.05, 0.1) is 20.8 Å². The minimum atomic E-state index is -0.670. The van der Waals surface area contributed by atoms with E-state index in [9.17, 15) is 10.1 Å². The zero-order valence-electron chi connectivity index (χ0n) is 15.8. The number of halogens is 4. The lowest BCUT2D eigenvalue weighted by Gasteiger charge is -2.13. The van der Waals surface area contributed by atoms with Crippen molar-refractivity contribution in [2.75, 3.05) is 5.32 Å². The fourth-order valence-electron chi connectivity index (χ4n) is 2.66. The first-order valence-corrected chi connectivity index (χ1v) is 10.4. The van der Waals surface area contributed by atoms with Gasteiger partial charge in [0, 0.05) is 10.6 Å². The second kappa shape index (κ2) is 10.6. The maximum Gasteiger partial charge on any atom is 0.266 e. The van der Waals surface area contributed by atoms with Gasteiger partial charge in [-0.05, 0) is 35.9 Å². The molecule has 0 aliphatic carbocycles. The number of carbonyl (C=O) groups excluding carboxylic acids is 1. The zero-order valence-corrected chi connectivity index (χ0v) is 18.9. The Balaban J connectivity index is 1.91. The van der Waals surface area contributed by atoms with Crippen LogP contribution in [0.2, 0.25) is 20.1 Å². The Hall–Kier alpha value is -2.68. The van der Waals surface area contributed by atoms with Gasteiger partial charge in [-0.2, -0.15) is 5.26 Å². The summed E-state index contributed by atoms with van der Waals surface area (Å²) in [7, 11) is 0. The molecule has 8 heteroatoms. The number of hydrogen-bond acceptors (Lipinski definition) is 3. The quantitative estimate of drug-likeness (QED) is 0.288. The number of nitriles is 1. The maximum absolute atomic E-state index is 12.7. The summed E-state index contributed by atoms with van der Waals surface area (Å²) in [6.45, 7) is 0.245. The largest absolute Gasteiger partial charge is 0.487 e. The number of nitrogens with one attached hydrogen (secondary N) is 1. The van der Waals surface area contributed by atoms with Crippen LogP contribution in [0.25, 0.3) is 6.08 Å². The molecule has 0 fully saturated rings. The van der Waals surface area contributed by atoms with Crippen molar-refractivity contribution in [3.63, 3.8) is 0 Å². The SMILES string of the molecule is N#C/C(=C\c1cc(Cl)cc(Cl)c1OCc1ccccc1)C(=O)Nc1cccc(Cl)c1Cl. The molecule has 1 N–H and O–H groups in total. The standard InChI is InChI=1S/C23H14Cl4N2O2/c24-17-10-15(22(19(26)11-17)31-13-14-5-2-1-3-6-14)9-16(12-28)23(30)29-20-8-4-7-18(25)21(20)27/h1-11H,13H2,(H,29,30)/b16-9+. The number of carbonyl (C=O) groups is 1. The van der Waals surface area contributed by atoms with Crippen molar-refractivity contribution >= 4 is 64.1 Å². The second-order valence-electron chi connectivity index (χ2n) is 6.31. The van der Waals surface area contributed by atoms with E-state index in [1.54, 1.807) is 24.3 Å². The molecule has 0 aliphatic heterocycles. The van der Waals surface area contributed by atoms with Gasteiger partial charge in [-0.3, -0.25) is 4.79 Å². The number of rotatable bonds is 6. The van der Waals surface area contributed by atoms with Gasteiger partial charge in [0.1, 0.15) is 24.0 Å². The number of amides is 1. The van der Waals surface area contributed by atoms with Gasteiger partial charge >= 0.3 is 0 Å². The Kier molecular flexibility index (Phi) is 7.84. The third kappa shape index (κ3) is 5.94. The molecule has 0 heterocycles. The topological polar surface area (TPSA) is 62.1 Å². The van der Waals surface area contributed by atoms with Gasteiger partial charge in [-0.1, -0.05) is 82.8 Å². The van der Waals surface area contributed by atoms with Crippen molar-refractivity contribution in [3.05, 3.63) is 97.5 Å². The highest BCUT2D eigenvalue weighted by Gasteiger charge is 2.16. The summed E-state index contributed by atoms with van der Waals surface area (Å²) in [5.74, 6) is -0.368. The van der Waals surface area contributed by atoms with Gasteiger partial charge in [0.2, 0.25) is 0 Å². The van der Waals surface area contributed by atoms with E-state index in [1.165, 1.54) is 12.1 Å². The monoisotopic (exact) mass is 490 g/mol. The van der Waals surface area contributed by atoms with Crippen LogP contribution in [-0.2, 0) is 11.4 Å². The molecule has 0 bridgehead atoms. The fraction of sp³-hybridized carbons (Fsp3) is 0.0435. The molecule has 4 nitrogen and oxygen atoms in total. The number of nitrogens with zero attached hydrogens (tertiary/aromatic N) is 1. The van der Waals surface area contributed by atoms with E-state index < -0.39 is 5.91 Å². The van der Waals surface area contributed by atoms with Gasteiger partial charge in [-0.15, -0.1) is 0 Å². The van der Waals surface area contributed by atoms with E-state index in [0.717, 1.165) is 5.56 Å². The van der Waals surface area contributed by atoms with Crippen LogP contribution in [0, 0.1) is 11.3 Å². The van der Waals surface area contributed by atoms with E-state index in [2.05, 4.69) is 5.32 Å². The third-order valence-corrected chi connectivity index (χ3v) is 5.45. The predicted molar refractivity (Wildman–Crippen MR) is 126 cm³/mol. The number of benzene rings is 3. The van der Waals surface area contributed by atoms with Crippen molar-refractivity contribution in [3.8, 4) is 11.8 Å². The summed E-state index contributed by atoms with van der Waals surface area (Å²) in [5, 5.41) is 13.2. The highest BCUT2D eigenvalue weighted by atomic mass is 35.5. The lowest BCUT2D eigenvalue weighted by molar-refractivity contribution is -0.112. The van der Waals surface area contributed by atoms with Crippen molar-refractivity contribution in [2.45, 2.75) is 6.61 Å². The van der Waals surface area contributed by atoms with Crippen molar-refractivity contribution in [1.82, 2.24) is 0 Å². The molecule has 0 radical (unpaired) electrons. The van der Waals surface area contributed by atoms with E-state index in [4.69, 9.17) is 51.1 Å². The number of ether oxygens (including phenoxy) is 1. The molecule has 0 spiro atoms. The smallest absolute Gasteiger partial charge is 0.266 e. The average Bonchev–Trinajstić information content (AvgIpc) is 2.75. The molecule has 0 saturated carbocycles. The Morgan fingerprint density at radius 2 is 1.74 bits per heavy atom. The zero-order chi connectivity index (χ0) is 22.4. The van der Waals surface area contributed by atoms with Gasteiger partial charge < -0.3 is 10.1 Å². The molecule has 3 aromatic carbocycles. The third-order valence-electron chi connectivity index (χ3n) is 4.13. The van der Waals surface area contributed by atoms with Crippen LogP contribution >= 0.6 is 46.4 Å². The molecule has 3 aromatic rings. The number of anilines is 1. The van der Waals surface area contributed by atoms with Crippen LogP contribution in [0.4, 0.5) is 5.69 Å². The molecular formula is C23H14Cl4N2O2. The molecule has 0 saturated heterocycles. The van der Waals surface area contributed by atoms with E-state index >= 15 is 0 Å². The lowest BCUT2D eigenvalue weighted by atomic mass is 10.1. The van der Waals surface area contributed by atoms with Gasteiger partial charge in [0.15, 0.2) is 0 Å². The molecule has 3 rings (SSSR count). The molecule has 31 heavy (non-hydrogen) atoms. The first kappa shape index (κ1) is 23.0. The van der Waals surface area contributed by atoms with Crippen LogP contribution in [-0.4, -0.2) is 5.91 Å².